The Morgan fingerprint density at radius 3 is 1.48 bits per heavy atom. The van der Waals surface area contributed by atoms with Crippen molar-refractivity contribution in [2.75, 3.05) is 0 Å². The van der Waals surface area contributed by atoms with Gasteiger partial charge in [-0.2, -0.15) is 26.3 Å². The van der Waals surface area contributed by atoms with Crippen molar-refractivity contribution in [3.05, 3.63) is 0 Å². The smallest absolute Gasteiger partial charge is 0.369 e. The first kappa shape index (κ1) is 19.5. The molecule has 0 spiro atoms. The topological polar surface area (TPSA) is 86.2 Å². The van der Waals surface area contributed by atoms with E-state index in [1.807, 2.05) is 0 Å². The van der Waals surface area contributed by atoms with Crippen molar-refractivity contribution in [2.24, 2.45) is 23.3 Å². The van der Waals surface area contributed by atoms with E-state index < -0.39 is 68.1 Å². The first-order valence-electron chi connectivity index (χ1n) is 6.05. The first-order chi connectivity index (χ1) is 9.33. The van der Waals surface area contributed by atoms with Crippen molar-refractivity contribution in [2.45, 2.75) is 44.5 Å². The highest BCUT2D eigenvalue weighted by molar-refractivity contribution is 5.85. The van der Waals surface area contributed by atoms with Crippen LogP contribution in [0.5, 0.6) is 0 Å². The quantitative estimate of drug-likeness (QED) is 0.672. The maximum atomic E-state index is 12.1. The molecule has 21 heavy (non-hydrogen) atoms. The Kier molecular flexibility index (Phi) is 6.98. The number of carbonyl (C=O) groups excluding carboxylic acids is 2. The minimum atomic E-state index is -4.57. The first-order valence-corrected chi connectivity index (χ1v) is 6.05. The molecule has 4 N–H and O–H groups in total. The fourth-order valence-electron chi connectivity index (χ4n) is 1.93. The summed E-state index contributed by atoms with van der Waals surface area (Å²) in [6, 6.07) is 0. The predicted octanol–water partition coefficient (Wildman–Crippen LogP) is 2.26. The lowest BCUT2D eigenvalue weighted by molar-refractivity contribution is -0.146. The average Bonchev–Trinajstić information content (AvgIpc) is 2.22. The molecule has 4 nitrogen and oxygen atoms in total. The molecule has 0 aromatic carbocycles. The third kappa shape index (κ3) is 9.14. The summed E-state index contributed by atoms with van der Waals surface area (Å²) in [5.74, 6) is -5.29. The largest absolute Gasteiger partial charge is 0.389 e. The number of hydrogen-bond acceptors (Lipinski definition) is 2. The minimum absolute atomic E-state index is 0.444. The van der Waals surface area contributed by atoms with Crippen molar-refractivity contribution >= 4 is 11.8 Å². The Morgan fingerprint density at radius 1 is 0.762 bits per heavy atom. The average molecular weight is 322 g/mol. The highest BCUT2D eigenvalue weighted by Crippen LogP contribution is 2.31. The summed E-state index contributed by atoms with van der Waals surface area (Å²) in [6.07, 6.45) is -13.4. The van der Waals surface area contributed by atoms with E-state index in [0.717, 1.165) is 0 Å². The van der Waals surface area contributed by atoms with E-state index in [9.17, 15) is 35.9 Å². The number of carbonyl (C=O) groups is 2. The van der Waals surface area contributed by atoms with Gasteiger partial charge in [-0.15, -0.1) is 0 Å². The van der Waals surface area contributed by atoms with Gasteiger partial charge in [-0.25, -0.2) is 0 Å². The molecule has 0 fully saturated rings. The van der Waals surface area contributed by atoms with E-state index in [-0.39, 0.29) is 0 Å². The highest BCUT2D eigenvalue weighted by atomic mass is 19.4. The lowest BCUT2D eigenvalue weighted by atomic mass is 9.83. The number of primary amides is 2. The molecule has 0 aliphatic rings. The predicted molar refractivity (Wildman–Crippen MR) is 60.6 cm³/mol. The van der Waals surface area contributed by atoms with E-state index >= 15 is 0 Å². The van der Waals surface area contributed by atoms with Crippen molar-refractivity contribution in [1.82, 2.24) is 0 Å². The van der Waals surface area contributed by atoms with Gasteiger partial charge in [-0.3, -0.25) is 9.59 Å². The molecule has 124 valence electrons. The Morgan fingerprint density at radius 2 is 1.14 bits per heavy atom. The lowest BCUT2D eigenvalue weighted by Gasteiger charge is -2.22. The normalized spacial score (nSPS) is 15.5. The molecular formula is C11H16F6N2O2. The summed E-state index contributed by atoms with van der Waals surface area (Å²) in [5, 5.41) is 0. The monoisotopic (exact) mass is 322 g/mol. The van der Waals surface area contributed by atoms with Crippen LogP contribution in [-0.2, 0) is 9.59 Å². The fraction of sp³-hybridized carbons (Fsp3) is 0.818. The molecule has 2 amide bonds. The lowest BCUT2D eigenvalue weighted by Crippen LogP contribution is -2.38. The number of nitrogens with two attached hydrogens (primary N) is 2. The van der Waals surface area contributed by atoms with Crippen LogP contribution < -0.4 is 11.5 Å². The van der Waals surface area contributed by atoms with E-state index in [4.69, 9.17) is 11.5 Å². The second-order valence-electron chi connectivity index (χ2n) is 4.68. The van der Waals surface area contributed by atoms with Gasteiger partial charge < -0.3 is 11.5 Å². The summed E-state index contributed by atoms with van der Waals surface area (Å²) < 4.78 is 72.4. The zero-order chi connectivity index (χ0) is 16.8. The van der Waals surface area contributed by atoms with Crippen LogP contribution in [0.25, 0.3) is 0 Å². The van der Waals surface area contributed by atoms with Crippen molar-refractivity contribution in [1.29, 1.82) is 0 Å². The molecule has 10 heteroatoms. The second kappa shape index (κ2) is 7.51. The summed E-state index contributed by atoms with van der Waals surface area (Å²) in [6.45, 7) is 0. The Labute approximate surface area is 116 Å². The Balaban J connectivity index is 4.76. The molecule has 0 saturated carbocycles. The van der Waals surface area contributed by atoms with Gasteiger partial charge in [0.15, 0.2) is 0 Å². The molecule has 0 aliphatic carbocycles. The van der Waals surface area contributed by atoms with E-state index in [0.29, 0.717) is 0 Å². The van der Waals surface area contributed by atoms with E-state index in [2.05, 4.69) is 0 Å². The highest BCUT2D eigenvalue weighted by Gasteiger charge is 2.36. The van der Waals surface area contributed by atoms with E-state index in [1.165, 1.54) is 0 Å². The van der Waals surface area contributed by atoms with Gasteiger partial charge in [0.25, 0.3) is 0 Å². The second-order valence-corrected chi connectivity index (χ2v) is 4.68. The van der Waals surface area contributed by atoms with Gasteiger partial charge in [-0.1, -0.05) is 0 Å². The molecule has 0 aliphatic heterocycles. The van der Waals surface area contributed by atoms with Gasteiger partial charge in [0, 0.05) is 24.7 Å². The van der Waals surface area contributed by atoms with Gasteiger partial charge >= 0.3 is 12.4 Å². The van der Waals surface area contributed by atoms with Crippen LogP contribution in [0.3, 0.4) is 0 Å². The van der Waals surface area contributed by atoms with Crippen LogP contribution in [0.1, 0.15) is 32.1 Å². The zero-order valence-electron chi connectivity index (χ0n) is 10.9. The maximum Gasteiger partial charge on any atom is 0.389 e. The number of amides is 2. The number of halogens is 6. The van der Waals surface area contributed by atoms with Crippen LogP contribution >= 0.6 is 0 Å². The van der Waals surface area contributed by atoms with Crippen LogP contribution in [0, 0.1) is 11.8 Å². The SMILES string of the molecule is NC(=O)C(CCCC(F)(F)F)C(CCC(F)(F)F)C(N)=O. The van der Waals surface area contributed by atoms with Crippen molar-refractivity contribution in [3.63, 3.8) is 0 Å². The molecule has 2 atom stereocenters. The summed E-state index contributed by atoms with van der Waals surface area (Å²) in [5.41, 5.74) is 9.88. The summed E-state index contributed by atoms with van der Waals surface area (Å²) >= 11 is 0. The third-order valence-electron chi connectivity index (χ3n) is 2.93. The van der Waals surface area contributed by atoms with Crippen molar-refractivity contribution < 1.29 is 35.9 Å². The van der Waals surface area contributed by atoms with Crippen LogP contribution in [0.2, 0.25) is 0 Å². The molecule has 0 aromatic rings. The number of alkyl halides is 6. The van der Waals surface area contributed by atoms with Gasteiger partial charge in [-0.05, 0) is 19.3 Å². The van der Waals surface area contributed by atoms with Crippen LogP contribution in [0.15, 0.2) is 0 Å². The fourth-order valence-corrected chi connectivity index (χ4v) is 1.93. The molecule has 0 rings (SSSR count). The summed E-state index contributed by atoms with van der Waals surface area (Å²) in [7, 11) is 0. The molecule has 0 bridgehead atoms. The molecule has 0 heterocycles. The Hall–Kier alpha value is -1.48. The molecule has 0 saturated heterocycles. The molecule has 0 aromatic heterocycles. The minimum Gasteiger partial charge on any atom is -0.369 e. The van der Waals surface area contributed by atoms with Gasteiger partial charge in [0.05, 0.1) is 0 Å². The van der Waals surface area contributed by atoms with Gasteiger partial charge in [0.2, 0.25) is 11.8 Å². The molecular weight excluding hydrogens is 306 g/mol. The van der Waals surface area contributed by atoms with Crippen molar-refractivity contribution in [3.8, 4) is 0 Å². The standard InChI is InChI=1S/C11H16F6N2O2/c12-10(13,14)4-1-2-6(8(18)20)7(9(19)21)3-5-11(15,16)17/h6-7H,1-5H2,(H2,18,20)(H2,19,21). The number of hydrogen-bond donors (Lipinski definition) is 2. The summed E-state index contributed by atoms with van der Waals surface area (Å²) in [4.78, 5) is 22.3. The third-order valence-corrected chi connectivity index (χ3v) is 2.93. The van der Waals surface area contributed by atoms with Gasteiger partial charge in [0.1, 0.15) is 0 Å². The molecule has 0 radical (unpaired) electrons. The molecule has 2 unspecified atom stereocenters. The Bertz CT molecular complexity index is 367. The zero-order valence-corrected chi connectivity index (χ0v) is 10.9. The van der Waals surface area contributed by atoms with Crippen LogP contribution in [0.4, 0.5) is 26.3 Å². The van der Waals surface area contributed by atoms with E-state index in [1.54, 1.807) is 0 Å². The van der Waals surface area contributed by atoms with Crippen LogP contribution in [-0.4, -0.2) is 24.2 Å². The maximum absolute atomic E-state index is 12.1. The number of rotatable bonds is 8.